The first-order valence-electron chi connectivity index (χ1n) is 4.25. The molecule has 1 N–H and O–H groups in total. The molecule has 1 aromatic rings. The lowest BCUT2D eigenvalue weighted by atomic mass is 10.2. The van der Waals surface area contributed by atoms with Gasteiger partial charge in [0, 0.05) is 12.6 Å². The Balaban J connectivity index is 2.63. The minimum Gasteiger partial charge on any atom is -0.492 e. The van der Waals surface area contributed by atoms with E-state index in [1.807, 2.05) is 13.1 Å². The van der Waals surface area contributed by atoms with Crippen molar-refractivity contribution in [2.45, 2.75) is 0 Å². The molecule has 0 bridgehead atoms. The van der Waals surface area contributed by atoms with Crippen molar-refractivity contribution >= 4 is 11.6 Å². The van der Waals surface area contributed by atoms with E-state index in [9.17, 15) is 0 Å². The fourth-order valence-electron chi connectivity index (χ4n) is 0.947. The minimum absolute atomic E-state index is 0.425. The van der Waals surface area contributed by atoms with Gasteiger partial charge in [0.25, 0.3) is 0 Å². The SMILES string of the molecule is CNCCOc1ccc(C#N)c(Cl)c1. The maximum atomic E-state index is 8.64. The van der Waals surface area contributed by atoms with Crippen molar-refractivity contribution in [1.29, 1.82) is 5.26 Å². The van der Waals surface area contributed by atoms with Crippen LogP contribution in [0.4, 0.5) is 0 Å². The van der Waals surface area contributed by atoms with Crippen LogP contribution in [0.15, 0.2) is 18.2 Å². The summed E-state index contributed by atoms with van der Waals surface area (Å²) in [6, 6.07) is 7.02. The topological polar surface area (TPSA) is 45.0 Å². The average molecular weight is 211 g/mol. The third-order valence-electron chi connectivity index (χ3n) is 1.68. The van der Waals surface area contributed by atoms with Crippen LogP contribution in [-0.2, 0) is 0 Å². The highest BCUT2D eigenvalue weighted by atomic mass is 35.5. The zero-order valence-corrected chi connectivity index (χ0v) is 8.64. The molecule has 0 saturated heterocycles. The maximum absolute atomic E-state index is 8.64. The standard InChI is InChI=1S/C10H11ClN2O/c1-13-4-5-14-9-3-2-8(7-12)10(11)6-9/h2-3,6,13H,4-5H2,1H3. The molecule has 0 amide bonds. The third kappa shape index (κ3) is 2.91. The second-order valence-corrected chi connectivity index (χ2v) is 3.11. The Hall–Kier alpha value is -1.24. The molecule has 0 atom stereocenters. The molecule has 1 rings (SSSR count). The van der Waals surface area contributed by atoms with Gasteiger partial charge in [0.05, 0.1) is 10.6 Å². The van der Waals surface area contributed by atoms with Gasteiger partial charge in [0.2, 0.25) is 0 Å². The van der Waals surface area contributed by atoms with E-state index < -0.39 is 0 Å². The predicted molar refractivity (Wildman–Crippen MR) is 55.6 cm³/mol. The van der Waals surface area contributed by atoms with Crippen LogP contribution in [0.2, 0.25) is 5.02 Å². The van der Waals surface area contributed by atoms with Crippen LogP contribution in [0.3, 0.4) is 0 Å². The highest BCUT2D eigenvalue weighted by molar-refractivity contribution is 6.31. The summed E-state index contributed by atoms with van der Waals surface area (Å²) >= 11 is 5.82. The summed E-state index contributed by atoms with van der Waals surface area (Å²) < 4.78 is 5.37. The summed E-state index contributed by atoms with van der Waals surface area (Å²) in [5.74, 6) is 0.684. The van der Waals surface area contributed by atoms with Crippen molar-refractivity contribution in [3.63, 3.8) is 0 Å². The Morgan fingerprint density at radius 1 is 1.57 bits per heavy atom. The molecule has 0 fully saturated rings. The van der Waals surface area contributed by atoms with E-state index >= 15 is 0 Å². The van der Waals surface area contributed by atoms with Gasteiger partial charge in [-0.3, -0.25) is 0 Å². The first-order valence-corrected chi connectivity index (χ1v) is 4.62. The number of nitrogens with one attached hydrogen (secondary N) is 1. The van der Waals surface area contributed by atoms with E-state index in [0.717, 1.165) is 6.54 Å². The maximum Gasteiger partial charge on any atom is 0.120 e. The Labute approximate surface area is 88.3 Å². The molecule has 0 aromatic heterocycles. The molecular formula is C10H11ClN2O. The number of hydrogen-bond acceptors (Lipinski definition) is 3. The molecule has 74 valence electrons. The van der Waals surface area contributed by atoms with Gasteiger partial charge in [0.1, 0.15) is 18.4 Å². The second-order valence-electron chi connectivity index (χ2n) is 2.71. The molecule has 1 aromatic carbocycles. The molecule has 14 heavy (non-hydrogen) atoms. The van der Waals surface area contributed by atoms with E-state index in [4.69, 9.17) is 21.6 Å². The van der Waals surface area contributed by atoms with E-state index in [-0.39, 0.29) is 0 Å². The molecular weight excluding hydrogens is 200 g/mol. The van der Waals surface area contributed by atoms with E-state index in [1.54, 1.807) is 18.2 Å². The summed E-state index contributed by atoms with van der Waals surface area (Å²) in [5.41, 5.74) is 0.465. The number of ether oxygens (including phenoxy) is 1. The molecule has 0 aliphatic carbocycles. The van der Waals surface area contributed by atoms with E-state index in [0.29, 0.717) is 22.9 Å². The van der Waals surface area contributed by atoms with Gasteiger partial charge in [-0.25, -0.2) is 0 Å². The summed E-state index contributed by atoms with van der Waals surface area (Å²) in [5, 5.41) is 12.0. The molecule has 0 radical (unpaired) electrons. The van der Waals surface area contributed by atoms with Gasteiger partial charge in [-0.05, 0) is 19.2 Å². The van der Waals surface area contributed by atoms with Gasteiger partial charge in [0.15, 0.2) is 0 Å². The van der Waals surface area contributed by atoms with Gasteiger partial charge in [-0.2, -0.15) is 5.26 Å². The van der Waals surface area contributed by atoms with E-state index in [1.165, 1.54) is 0 Å². The van der Waals surface area contributed by atoms with Crippen LogP contribution in [0.5, 0.6) is 5.75 Å². The van der Waals surface area contributed by atoms with Crippen LogP contribution in [0.1, 0.15) is 5.56 Å². The Morgan fingerprint density at radius 2 is 2.36 bits per heavy atom. The molecule has 0 heterocycles. The lowest BCUT2D eigenvalue weighted by Crippen LogP contribution is -2.15. The quantitative estimate of drug-likeness (QED) is 0.771. The van der Waals surface area contributed by atoms with Crippen molar-refractivity contribution in [1.82, 2.24) is 5.32 Å². The lowest BCUT2D eigenvalue weighted by molar-refractivity contribution is 0.318. The number of nitrogens with zero attached hydrogens (tertiary/aromatic N) is 1. The summed E-state index contributed by atoms with van der Waals surface area (Å²) in [6.45, 7) is 1.36. The Morgan fingerprint density at radius 3 is 2.93 bits per heavy atom. The molecule has 0 aliphatic rings. The Bertz CT molecular complexity index is 346. The van der Waals surface area contributed by atoms with Crippen molar-refractivity contribution in [3.05, 3.63) is 28.8 Å². The molecule has 4 heteroatoms. The lowest BCUT2D eigenvalue weighted by Gasteiger charge is -2.05. The summed E-state index contributed by atoms with van der Waals surface area (Å²) in [7, 11) is 1.86. The van der Waals surface area contributed by atoms with Gasteiger partial charge in [-0.1, -0.05) is 11.6 Å². The van der Waals surface area contributed by atoms with Crippen molar-refractivity contribution < 1.29 is 4.74 Å². The number of hydrogen-bond donors (Lipinski definition) is 1. The van der Waals surface area contributed by atoms with Crippen LogP contribution in [0.25, 0.3) is 0 Å². The number of rotatable bonds is 4. The van der Waals surface area contributed by atoms with Crippen LogP contribution < -0.4 is 10.1 Å². The second kappa shape index (κ2) is 5.48. The highest BCUT2D eigenvalue weighted by Gasteiger charge is 2.00. The monoisotopic (exact) mass is 210 g/mol. The zero-order chi connectivity index (χ0) is 10.4. The van der Waals surface area contributed by atoms with Crippen LogP contribution >= 0.6 is 11.6 Å². The normalized spacial score (nSPS) is 9.50. The summed E-state index contributed by atoms with van der Waals surface area (Å²) in [6.07, 6.45) is 0. The fourth-order valence-corrected chi connectivity index (χ4v) is 1.16. The minimum atomic E-state index is 0.425. The number of likely N-dealkylation sites (N-methyl/N-ethyl adjacent to an activating group) is 1. The van der Waals surface area contributed by atoms with Gasteiger partial charge >= 0.3 is 0 Å². The molecule has 3 nitrogen and oxygen atoms in total. The molecule has 0 saturated carbocycles. The van der Waals surface area contributed by atoms with Crippen LogP contribution in [-0.4, -0.2) is 20.2 Å². The largest absolute Gasteiger partial charge is 0.492 e. The first kappa shape index (κ1) is 10.8. The Kier molecular flexibility index (Phi) is 4.24. The fraction of sp³-hybridized carbons (Fsp3) is 0.300. The van der Waals surface area contributed by atoms with Crippen molar-refractivity contribution in [3.8, 4) is 11.8 Å². The van der Waals surface area contributed by atoms with Gasteiger partial charge < -0.3 is 10.1 Å². The number of nitriles is 1. The van der Waals surface area contributed by atoms with Gasteiger partial charge in [-0.15, -0.1) is 0 Å². The molecule has 0 aliphatic heterocycles. The average Bonchev–Trinajstić information content (AvgIpc) is 2.18. The molecule has 0 spiro atoms. The number of halogens is 1. The number of benzene rings is 1. The highest BCUT2D eigenvalue weighted by Crippen LogP contribution is 2.21. The van der Waals surface area contributed by atoms with E-state index in [2.05, 4.69) is 5.32 Å². The predicted octanol–water partition coefficient (Wildman–Crippen LogP) is 1.81. The third-order valence-corrected chi connectivity index (χ3v) is 1.99. The van der Waals surface area contributed by atoms with Crippen molar-refractivity contribution in [2.24, 2.45) is 0 Å². The zero-order valence-electron chi connectivity index (χ0n) is 7.88. The van der Waals surface area contributed by atoms with Crippen molar-refractivity contribution in [2.75, 3.05) is 20.2 Å². The van der Waals surface area contributed by atoms with Crippen LogP contribution in [0, 0.1) is 11.3 Å². The molecule has 0 unspecified atom stereocenters. The first-order chi connectivity index (χ1) is 6.77. The smallest absolute Gasteiger partial charge is 0.120 e. The summed E-state index contributed by atoms with van der Waals surface area (Å²) in [4.78, 5) is 0.